The van der Waals surface area contributed by atoms with Crippen LogP contribution in [0.15, 0.2) is 121 Å². The average molecular weight is 511 g/mol. The third kappa shape index (κ3) is 4.97. The number of allylic oxidation sites excluding steroid dienone is 2. The van der Waals surface area contributed by atoms with E-state index < -0.39 is 19.7 Å². The van der Waals surface area contributed by atoms with E-state index >= 15 is 0 Å². The SMILES string of the molecule is C/C=C(\C)c1ccc2ccccc2c1-c1ccc(C(F)(F)F)cc1P(c1ccccc1)c1ccccc1. The molecule has 0 saturated heterocycles. The molecular weight excluding hydrogens is 484 g/mol. The first kappa shape index (κ1) is 25.0. The summed E-state index contributed by atoms with van der Waals surface area (Å²) in [5, 5.41) is 4.80. The molecule has 184 valence electrons. The topological polar surface area (TPSA) is 0 Å². The molecule has 5 rings (SSSR count). The Labute approximate surface area is 216 Å². The van der Waals surface area contributed by atoms with Crippen LogP contribution in [0, 0.1) is 0 Å². The Balaban J connectivity index is 1.91. The minimum atomic E-state index is -4.44. The van der Waals surface area contributed by atoms with E-state index in [1.165, 1.54) is 12.1 Å². The molecule has 0 unspecified atom stereocenters. The number of hydrogen-bond donors (Lipinski definition) is 0. The molecule has 0 fully saturated rings. The molecule has 5 aromatic rings. The van der Waals surface area contributed by atoms with E-state index in [0.29, 0.717) is 5.30 Å². The monoisotopic (exact) mass is 510 g/mol. The summed E-state index contributed by atoms with van der Waals surface area (Å²) < 4.78 is 42.3. The summed E-state index contributed by atoms with van der Waals surface area (Å²) in [7, 11) is -1.26. The third-order valence-corrected chi connectivity index (χ3v) is 9.13. The highest BCUT2D eigenvalue weighted by atomic mass is 31.1. The molecule has 0 saturated carbocycles. The van der Waals surface area contributed by atoms with Crippen LogP contribution in [-0.2, 0) is 6.18 Å². The van der Waals surface area contributed by atoms with Crippen molar-refractivity contribution in [3.8, 4) is 11.1 Å². The smallest absolute Gasteiger partial charge is 0.166 e. The number of alkyl halides is 3. The van der Waals surface area contributed by atoms with Gasteiger partial charge in [0.2, 0.25) is 0 Å². The molecule has 0 heterocycles. The minimum absolute atomic E-state index is 0.629. The minimum Gasteiger partial charge on any atom is -0.166 e. The molecular formula is C33H26F3P. The lowest BCUT2D eigenvalue weighted by Crippen LogP contribution is -2.24. The van der Waals surface area contributed by atoms with Gasteiger partial charge in [0.25, 0.3) is 0 Å². The molecule has 0 aliphatic rings. The molecule has 0 nitrogen and oxygen atoms in total. The standard InChI is InChI=1S/C33H26F3P/c1-3-23(2)28-20-18-24-12-10-11-17-29(24)32(28)30-21-19-25(33(34,35)36)22-31(30)37(26-13-6-4-7-14-26)27-15-8-5-9-16-27/h3-22H,1-2H3/b23-3+. The number of benzene rings is 5. The second-order valence-corrected chi connectivity index (χ2v) is 11.1. The van der Waals surface area contributed by atoms with Crippen LogP contribution in [0.2, 0.25) is 0 Å². The van der Waals surface area contributed by atoms with Crippen molar-refractivity contribution in [3.63, 3.8) is 0 Å². The van der Waals surface area contributed by atoms with Gasteiger partial charge in [0, 0.05) is 0 Å². The largest absolute Gasteiger partial charge is 0.416 e. The Morgan fingerprint density at radius 3 is 1.89 bits per heavy atom. The molecule has 5 aromatic carbocycles. The van der Waals surface area contributed by atoms with Gasteiger partial charge >= 0.3 is 6.18 Å². The molecule has 0 aromatic heterocycles. The van der Waals surface area contributed by atoms with Gasteiger partial charge in [0.15, 0.2) is 0 Å². The number of fused-ring (bicyclic) bond motifs is 1. The average Bonchev–Trinajstić information content (AvgIpc) is 2.93. The molecule has 0 radical (unpaired) electrons. The van der Waals surface area contributed by atoms with E-state index in [4.69, 9.17) is 0 Å². The van der Waals surface area contributed by atoms with E-state index in [0.717, 1.165) is 43.6 Å². The van der Waals surface area contributed by atoms with Crippen molar-refractivity contribution >= 4 is 40.2 Å². The second kappa shape index (κ2) is 10.4. The summed E-state index contributed by atoms with van der Waals surface area (Å²) >= 11 is 0. The van der Waals surface area contributed by atoms with Gasteiger partial charge in [-0.1, -0.05) is 109 Å². The number of hydrogen-bond acceptors (Lipinski definition) is 0. The maximum Gasteiger partial charge on any atom is 0.416 e. The molecule has 37 heavy (non-hydrogen) atoms. The Morgan fingerprint density at radius 1 is 0.703 bits per heavy atom. The lowest BCUT2D eigenvalue weighted by Gasteiger charge is -2.25. The fourth-order valence-electron chi connectivity index (χ4n) is 4.73. The van der Waals surface area contributed by atoms with Crippen molar-refractivity contribution in [1.29, 1.82) is 0 Å². The normalized spacial score (nSPS) is 12.3. The summed E-state index contributed by atoms with van der Waals surface area (Å²) in [5.41, 5.74) is 3.28. The molecule has 0 atom stereocenters. The maximum absolute atomic E-state index is 14.1. The number of halogens is 3. The van der Waals surface area contributed by atoms with Crippen LogP contribution >= 0.6 is 7.92 Å². The maximum atomic E-state index is 14.1. The Morgan fingerprint density at radius 2 is 1.30 bits per heavy atom. The van der Waals surface area contributed by atoms with Crippen LogP contribution in [0.4, 0.5) is 13.2 Å². The van der Waals surface area contributed by atoms with E-state index in [1.807, 2.05) is 79.7 Å². The van der Waals surface area contributed by atoms with Crippen LogP contribution in [0.25, 0.3) is 27.5 Å². The van der Waals surface area contributed by atoms with Crippen LogP contribution < -0.4 is 15.9 Å². The highest BCUT2D eigenvalue weighted by Crippen LogP contribution is 2.43. The van der Waals surface area contributed by atoms with Crippen molar-refractivity contribution in [2.45, 2.75) is 20.0 Å². The quantitative estimate of drug-likeness (QED) is 0.208. The van der Waals surface area contributed by atoms with Crippen LogP contribution in [0.1, 0.15) is 25.0 Å². The zero-order valence-electron chi connectivity index (χ0n) is 20.6. The van der Waals surface area contributed by atoms with Gasteiger partial charge in [-0.05, 0) is 82.9 Å². The van der Waals surface area contributed by atoms with Crippen molar-refractivity contribution in [2.75, 3.05) is 0 Å². The first-order chi connectivity index (χ1) is 17.9. The van der Waals surface area contributed by atoms with E-state index in [-0.39, 0.29) is 0 Å². The fraction of sp³-hybridized carbons (Fsp3) is 0.0909. The first-order valence-corrected chi connectivity index (χ1v) is 13.5. The van der Waals surface area contributed by atoms with E-state index in [1.54, 1.807) is 6.07 Å². The second-order valence-electron chi connectivity index (χ2n) is 8.92. The van der Waals surface area contributed by atoms with Gasteiger partial charge in [-0.25, -0.2) is 0 Å². The van der Waals surface area contributed by atoms with Crippen molar-refractivity contribution in [1.82, 2.24) is 0 Å². The molecule has 0 N–H and O–H groups in total. The Hall–Kier alpha value is -3.68. The van der Waals surface area contributed by atoms with Crippen molar-refractivity contribution in [2.24, 2.45) is 0 Å². The predicted molar refractivity (Wildman–Crippen MR) is 152 cm³/mol. The van der Waals surface area contributed by atoms with E-state index in [2.05, 4.69) is 37.3 Å². The first-order valence-electron chi connectivity index (χ1n) is 12.2. The van der Waals surface area contributed by atoms with Gasteiger partial charge in [-0.15, -0.1) is 0 Å². The summed E-state index contributed by atoms with van der Waals surface area (Å²) in [4.78, 5) is 0. The summed E-state index contributed by atoms with van der Waals surface area (Å²) in [6.45, 7) is 4.04. The molecule has 0 amide bonds. The predicted octanol–water partition coefficient (Wildman–Crippen LogP) is 8.71. The molecule has 0 aliphatic carbocycles. The van der Waals surface area contributed by atoms with Gasteiger partial charge in [0.1, 0.15) is 0 Å². The van der Waals surface area contributed by atoms with E-state index in [9.17, 15) is 13.2 Å². The van der Waals surface area contributed by atoms with Gasteiger partial charge in [-0.3, -0.25) is 0 Å². The highest BCUT2D eigenvalue weighted by Gasteiger charge is 2.33. The van der Waals surface area contributed by atoms with Gasteiger partial charge in [0.05, 0.1) is 5.56 Å². The Kier molecular flexibility index (Phi) is 7.00. The lowest BCUT2D eigenvalue weighted by molar-refractivity contribution is -0.137. The van der Waals surface area contributed by atoms with Crippen LogP contribution in [0.3, 0.4) is 0 Å². The Bertz CT molecular complexity index is 1530. The summed E-state index contributed by atoms with van der Waals surface area (Å²) in [6, 6.07) is 36.3. The van der Waals surface area contributed by atoms with Crippen LogP contribution in [0.5, 0.6) is 0 Å². The molecule has 4 heteroatoms. The van der Waals surface area contributed by atoms with Crippen molar-refractivity contribution < 1.29 is 13.2 Å². The summed E-state index contributed by atoms with van der Waals surface area (Å²) in [6.07, 6.45) is -2.39. The van der Waals surface area contributed by atoms with Crippen LogP contribution in [-0.4, -0.2) is 0 Å². The fourth-order valence-corrected chi connectivity index (χ4v) is 7.22. The third-order valence-electron chi connectivity index (χ3n) is 6.65. The lowest BCUT2D eigenvalue weighted by atomic mass is 9.89. The number of rotatable bonds is 5. The molecule has 0 bridgehead atoms. The van der Waals surface area contributed by atoms with Crippen molar-refractivity contribution in [3.05, 3.63) is 132 Å². The van der Waals surface area contributed by atoms with Gasteiger partial charge in [-0.2, -0.15) is 13.2 Å². The summed E-state index contributed by atoms with van der Waals surface area (Å²) in [5.74, 6) is 0. The molecule has 0 spiro atoms. The van der Waals surface area contributed by atoms with Gasteiger partial charge < -0.3 is 0 Å². The molecule has 0 aliphatic heterocycles. The zero-order valence-corrected chi connectivity index (χ0v) is 21.5. The highest BCUT2D eigenvalue weighted by molar-refractivity contribution is 7.80. The zero-order chi connectivity index (χ0) is 26.0.